The first-order chi connectivity index (χ1) is 11.6. The lowest BCUT2D eigenvalue weighted by Gasteiger charge is -2.23. The van der Waals surface area contributed by atoms with Crippen molar-refractivity contribution < 1.29 is 18.1 Å². The summed E-state index contributed by atoms with van der Waals surface area (Å²) in [4.78, 5) is 1.68. The third kappa shape index (κ3) is 4.42. The summed E-state index contributed by atoms with van der Waals surface area (Å²) in [6, 6.07) is 16.9. The van der Waals surface area contributed by atoms with Gasteiger partial charge in [-0.2, -0.15) is 0 Å². The summed E-state index contributed by atoms with van der Waals surface area (Å²) in [7, 11) is -3.45. The van der Waals surface area contributed by atoms with Crippen molar-refractivity contribution in [2.45, 2.75) is 4.90 Å². The molecule has 5 nitrogen and oxygen atoms in total. The number of quaternary nitrogens is 1. The maximum absolute atomic E-state index is 12.4. The molecule has 0 radical (unpaired) electrons. The van der Waals surface area contributed by atoms with Crippen LogP contribution in [0.25, 0.3) is 11.1 Å². The Morgan fingerprint density at radius 3 is 2.21 bits per heavy atom. The van der Waals surface area contributed by atoms with Gasteiger partial charge in [-0.1, -0.05) is 42.5 Å². The number of morpholine rings is 1. The molecule has 1 saturated heterocycles. The summed E-state index contributed by atoms with van der Waals surface area (Å²) in [5, 5.41) is 0. The summed E-state index contributed by atoms with van der Waals surface area (Å²) in [6.45, 7) is 4.61. The second-order valence-corrected chi connectivity index (χ2v) is 7.67. The van der Waals surface area contributed by atoms with Crippen molar-refractivity contribution in [3.05, 3.63) is 54.6 Å². The quantitative estimate of drug-likeness (QED) is 0.802. The van der Waals surface area contributed by atoms with E-state index < -0.39 is 10.0 Å². The maximum atomic E-state index is 12.4. The van der Waals surface area contributed by atoms with Crippen LogP contribution in [0.5, 0.6) is 0 Å². The fraction of sp³-hybridized carbons (Fsp3) is 0.333. The van der Waals surface area contributed by atoms with Crippen molar-refractivity contribution in [1.82, 2.24) is 4.72 Å². The second-order valence-electron chi connectivity index (χ2n) is 5.90. The largest absolute Gasteiger partial charge is 0.370 e. The van der Waals surface area contributed by atoms with Crippen molar-refractivity contribution >= 4 is 10.0 Å². The molecule has 0 aliphatic carbocycles. The number of nitrogens with one attached hydrogen (secondary N) is 2. The van der Waals surface area contributed by atoms with Crippen LogP contribution in [0.2, 0.25) is 0 Å². The highest BCUT2D eigenvalue weighted by molar-refractivity contribution is 7.89. The van der Waals surface area contributed by atoms with E-state index in [0.717, 1.165) is 44.0 Å². The molecular formula is C18H23N2O3S+. The molecule has 1 fully saturated rings. The average Bonchev–Trinajstić information content (AvgIpc) is 2.63. The molecule has 2 aromatic carbocycles. The van der Waals surface area contributed by atoms with Crippen molar-refractivity contribution in [3.8, 4) is 11.1 Å². The predicted molar refractivity (Wildman–Crippen MR) is 93.4 cm³/mol. The molecule has 0 spiro atoms. The molecule has 0 amide bonds. The zero-order valence-corrected chi connectivity index (χ0v) is 14.4. The zero-order chi connectivity index (χ0) is 16.8. The standard InChI is InChI=1S/C18H22N2O3S/c21-24(22,19-10-11-20-12-14-23-15-13-20)18-8-6-17(7-9-18)16-4-2-1-3-5-16/h1-9,19H,10-15H2/p+1. The Morgan fingerprint density at radius 2 is 1.54 bits per heavy atom. The van der Waals surface area contributed by atoms with Gasteiger partial charge < -0.3 is 9.64 Å². The molecule has 0 atom stereocenters. The third-order valence-electron chi connectivity index (χ3n) is 4.24. The summed E-state index contributed by atoms with van der Waals surface area (Å²) in [5.41, 5.74) is 2.08. The molecule has 1 heterocycles. The van der Waals surface area contributed by atoms with Crippen LogP contribution in [0.1, 0.15) is 0 Å². The molecule has 128 valence electrons. The second kappa shape index (κ2) is 7.90. The number of sulfonamides is 1. The number of ether oxygens (including phenoxy) is 1. The van der Waals surface area contributed by atoms with E-state index in [-0.39, 0.29) is 0 Å². The van der Waals surface area contributed by atoms with E-state index in [2.05, 4.69) is 4.72 Å². The van der Waals surface area contributed by atoms with Gasteiger partial charge in [0.25, 0.3) is 0 Å². The number of rotatable bonds is 6. The fourth-order valence-electron chi connectivity index (χ4n) is 2.81. The summed E-state index contributed by atoms with van der Waals surface area (Å²) in [6.07, 6.45) is 0. The van der Waals surface area contributed by atoms with Crippen molar-refractivity contribution in [2.24, 2.45) is 0 Å². The van der Waals surface area contributed by atoms with Gasteiger partial charge in [0.1, 0.15) is 13.1 Å². The SMILES string of the molecule is O=S(=O)(NCC[NH+]1CCOCC1)c1ccc(-c2ccccc2)cc1. The molecule has 2 aromatic rings. The molecule has 1 aliphatic rings. The number of hydrogen-bond donors (Lipinski definition) is 2. The Bertz CT molecular complexity index is 740. The lowest BCUT2D eigenvalue weighted by molar-refractivity contribution is -0.906. The van der Waals surface area contributed by atoms with Crippen LogP contribution in [-0.4, -0.2) is 47.8 Å². The Kier molecular flexibility index (Phi) is 5.63. The first-order valence-corrected chi connectivity index (χ1v) is 9.70. The number of hydrogen-bond acceptors (Lipinski definition) is 3. The minimum atomic E-state index is -3.45. The van der Waals surface area contributed by atoms with E-state index in [1.54, 1.807) is 12.1 Å². The van der Waals surface area contributed by atoms with Gasteiger partial charge in [-0.3, -0.25) is 0 Å². The Hall–Kier alpha value is -1.73. The fourth-order valence-corrected chi connectivity index (χ4v) is 3.84. The van der Waals surface area contributed by atoms with Crippen LogP contribution in [0.3, 0.4) is 0 Å². The van der Waals surface area contributed by atoms with Gasteiger partial charge in [0.15, 0.2) is 0 Å². The van der Waals surface area contributed by atoms with Crippen molar-refractivity contribution in [3.63, 3.8) is 0 Å². The first kappa shape index (κ1) is 17.1. The Morgan fingerprint density at radius 1 is 0.917 bits per heavy atom. The van der Waals surface area contributed by atoms with Gasteiger partial charge in [-0.05, 0) is 23.3 Å². The van der Waals surface area contributed by atoms with E-state index in [9.17, 15) is 8.42 Å². The predicted octanol–water partition coefficient (Wildman–Crippen LogP) is 0.547. The summed E-state index contributed by atoms with van der Waals surface area (Å²) < 4.78 is 32.8. The van der Waals surface area contributed by atoms with E-state index in [1.807, 2.05) is 42.5 Å². The van der Waals surface area contributed by atoms with Crippen molar-refractivity contribution in [2.75, 3.05) is 39.4 Å². The molecule has 0 bridgehead atoms. The molecule has 1 aliphatic heterocycles. The van der Waals surface area contributed by atoms with Crippen LogP contribution in [0.15, 0.2) is 59.5 Å². The Balaban J connectivity index is 1.60. The Labute approximate surface area is 143 Å². The molecule has 24 heavy (non-hydrogen) atoms. The van der Waals surface area contributed by atoms with Gasteiger partial charge in [0, 0.05) is 0 Å². The summed E-state index contributed by atoms with van der Waals surface area (Å²) >= 11 is 0. The zero-order valence-electron chi connectivity index (χ0n) is 13.6. The molecule has 0 saturated carbocycles. The molecule has 3 rings (SSSR count). The van der Waals surface area contributed by atoms with E-state index in [4.69, 9.17) is 4.74 Å². The topological polar surface area (TPSA) is 59.8 Å². The van der Waals surface area contributed by atoms with E-state index in [0.29, 0.717) is 11.4 Å². The molecule has 0 aromatic heterocycles. The van der Waals surface area contributed by atoms with Crippen LogP contribution in [0.4, 0.5) is 0 Å². The minimum absolute atomic E-state index is 0.305. The molecular weight excluding hydrogens is 324 g/mol. The normalized spacial score (nSPS) is 16.2. The number of benzene rings is 2. The molecule has 6 heteroatoms. The summed E-state index contributed by atoms with van der Waals surface area (Å²) in [5.74, 6) is 0. The monoisotopic (exact) mass is 347 g/mol. The smallest absolute Gasteiger partial charge is 0.240 e. The highest BCUT2D eigenvalue weighted by atomic mass is 32.2. The highest BCUT2D eigenvalue weighted by Gasteiger charge is 2.17. The maximum Gasteiger partial charge on any atom is 0.240 e. The van der Waals surface area contributed by atoms with Gasteiger partial charge in [-0.25, -0.2) is 13.1 Å². The van der Waals surface area contributed by atoms with E-state index in [1.165, 1.54) is 4.90 Å². The van der Waals surface area contributed by atoms with E-state index >= 15 is 0 Å². The average molecular weight is 347 g/mol. The lowest BCUT2D eigenvalue weighted by atomic mass is 10.1. The first-order valence-electron chi connectivity index (χ1n) is 8.22. The van der Waals surface area contributed by atoms with Crippen LogP contribution >= 0.6 is 0 Å². The van der Waals surface area contributed by atoms with Gasteiger partial charge >= 0.3 is 0 Å². The van der Waals surface area contributed by atoms with Gasteiger partial charge in [0.2, 0.25) is 10.0 Å². The van der Waals surface area contributed by atoms with Crippen molar-refractivity contribution in [1.29, 1.82) is 0 Å². The molecule has 0 unspecified atom stereocenters. The lowest BCUT2D eigenvalue weighted by Crippen LogP contribution is -3.14. The van der Waals surface area contributed by atoms with Gasteiger partial charge in [0.05, 0.1) is 31.2 Å². The van der Waals surface area contributed by atoms with Gasteiger partial charge in [-0.15, -0.1) is 0 Å². The van der Waals surface area contributed by atoms with Crippen LogP contribution in [-0.2, 0) is 14.8 Å². The third-order valence-corrected chi connectivity index (χ3v) is 5.72. The highest BCUT2D eigenvalue weighted by Crippen LogP contribution is 2.20. The minimum Gasteiger partial charge on any atom is -0.370 e. The van der Waals surface area contributed by atoms with Crippen LogP contribution in [0, 0.1) is 0 Å². The van der Waals surface area contributed by atoms with Crippen LogP contribution < -0.4 is 9.62 Å². The molecule has 2 N–H and O–H groups in total.